The van der Waals surface area contributed by atoms with Crippen LogP contribution in [0.5, 0.6) is 0 Å². The molecule has 0 saturated heterocycles. The lowest BCUT2D eigenvalue weighted by atomic mass is 9.78. The number of rotatable bonds is 6. The summed E-state index contributed by atoms with van der Waals surface area (Å²) in [6.07, 6.45) is 8.39. The number of carboxylic acid groups (broad SMARTS) is 1. The fraction of sp³-hybridized carbons (Fsp3) is 0.700. The van der Waals surface area contributed by atoms with Crippen LogP contribution < -0.4 is 10.6 Å². The molecule has 28 heavy (non-hydrogen) atoms. The van der Waals surface area contributed by atoms with Gasteiger partial charge in [-0.2, -0.15) is 5.10 Å². The molecule has 8 heteroatoms. The Bertz CT molecular complexity index is 783. The van der Waals surface area contributed by atoms with Crippen LogP contribution in [0.1, 0.15) is 62.4 Å². The molecule has 1 heterocycles. The van der Waals surface area contributed by atoms with Crippen molar-refractivity contribution in [3.8, 4) is 0 Å². The number of carbonyl (C=O) groups excluding carboxylic acids is 2. The third-order valence-corrected chi connectivity index (χ3v) is 6.75. The number of fused-ring (bicyclic) bond motifs is 2. The number of nitrogens with one attached hydrogen (secondary N) is 2. The zero-order valence-electron chi connectivity index (χ0n) is 16.2. The van der Waals surface area contributed by atoms with Crippen LogP contribution in [0.25, 0.3) is 0 Å². The maximum atomic E-state index is 13.0. The molecule has 1 aromatic heterocycles. The second kappa shape index (κ2) is 7.56. The van der Waals surface area contributed by atoms with Crippen molar-refractivity contribution in [2.75, 3.05) is 5.32 Å². The molecule has 3 aliphatic carbocycles. The van der Waals surface area contributed by atoms with Gasteiger partial charge < -0.3 is 15.7 Å². The van der Waals surface area contributed by atoms with Gasteiger partial charge in [0.15, 0.2) is 5.69 Å². The number of aromatic nitrogens is 2. The quantitative estimate of drug-likeness (QED) is 0.692. The van der Waals surface area contributed by atoms with Crippen LogP contribution in [-0.2, 0) is 16.1 Å². The Labute approximate surface area is 164 Å². The van der Waals surface area contributed by atoms with Gasteiger partial charge in [-0.3, -0.25) is 19.1 Å². The second-order valence-electron chi connectivity index (χ2n) is 8.41. The molecule has 0 aliphatic heterocycles. The number of hydrogen-bond donors (Lipinski definition) is 3. The zero-order valence-corrected chi connectivity index (χ0v) is 16.2. The number of amides is 2. The summed E-state index contributed by atoms with van der Waals surface area (Å²) < 4.78 is 1.62. The van der Waals surface area contributed by atoms with E-state index in [-0.39, 0.29) is 35.4 Å². The summed E-state index contributed by atoms with van der Waals surface area (Å²) in [5.41, 5.74) is 0.575. The van der Waals surface area contributed by atoms with Crippen molar-refractivity contribution >= 4 is 23.5 Å². The Morgan fingerprint density at radius 1 is 1.14 bits per heavy atom. The average Bonchev–Trinajstić information content (AvgIpc) is 3.44. The van der Waals surface area contributed by atoms with Crippen LogP contribution in [0.2, 0.25) is 0 Å². The molecule has 3 fully saturated rings. The van der Waals surface area contributed by atoms with Gasteiger partial charge in [0.25, 0.3) is 5.91 Å². The molecule has 3 saturated carbocycles. The molecule has 2 bridgehead atoms. The van der Waals surface area contributed by atoms with Crippen molar-refractivity contribution < 1.29 is 19.5 Å². The van der Waals surface area contributed by atoms with E-state index in [0.717, 1.165) is 44.9 Å². The van der Waals surface area contributed by atoms with Crippen molar-refractivity contribution in [2.24, 2.45) is 23.7 Å². The minimum Gasteiger partial charge on any atom is -0.481 e. The van der Waals surface area contributed by atoms with Crippen molar-refractivity contribution in [3.05, 3.63) is 11.9 Å². The zero-order chi connectivity index (χ0) is 19.8. The first-order valence-corrected chi connectivity index (χ1v) is 10.4. The lowest BCUT2D eigenvalue weighted by Gasteiger charge is -2.26. The standard InChI is InChI=1S/C20H28N4O4/c1-2-24-10-14(17(23-24)19(26)21-13-5-3-4-6-13)22-18(25)15-11-7-8-12(9-11)16(15)20(27)28/h10-13,15-16H,2-9H2,1H3,(H,21,26)(H,22,25)(H,27,28). The lowest BCUT2D eigenvalue weighted by molar-refractivity contribution is -0.148. The second-order valence-corrected chi connectivity index (χ2v) is 8.41. The molecule has 0 radical (unpaired) electrons. The number of hydrogen-bond acceptors (Lipinski definition) is 4. The molecule has 4 rings (SSSR count). The summed E-state index contributed by atoms with van der Waals surface area (Å²) in [6.45, 7) is 2.49. The fourth-order valence-electron chi connectivity index (χ4n) is 5.41. The van der Waals surface area contributed by atoms with Crippen LogP contribution in [0, 0.1) is 23.7 Å². The highest BCUT2D eigenvalue weighted by atomic mass is 16.4. The Morgan fingerprint density at radius 3 is 2.46 bits per heavy atom. The summed E-state index contributed by atoms with van der Waals surface area (Å²) in [6, 6.07) is 0.157. The van der Waals surface area contributed by atoms with E-state index in [1.54, 1.807) is 10.9 Å². The molecule has 8 nitrogen and oxygen atoms in total. The monoisotopic (exact) mass is 388 g/mol. The minimum atomic E-state index is -0.893. The molecular weight excluding hydrogens is 360 g/mol. The Balaban J connectivity index is 1.52. The van der Waals surface area contributed by atoms with E-state index in [0.29, 0.717) is 12.2 Å². The fourth-order valence-corrected chi connectivity index (χ4v) is 5.41. The van der Waals surface area contributed by atoms with Crippen LogP contribution in [0.15, 0.2) is 6.20 Å². The average molecular weight is 388 g/mol. The van der Waals surface area contributed by atoms with Gasteiger partial charge in [0.2, 0.25) is 5.91 Å². The topological polar surface area (TPSA) is 113 Å². The molecule has 2 amide bonds. The lowest BCUT2D eigenvalue weighted by Crippen LogP contribution is -2.38. The molecular formula is C20H28N4O4. The summed E-state index contributed by atoms with van der Waals surface area (Å²) in [7, 11) is 0. The number of carboxylic acids is 1. The summed E-state index contributed by atoms with van der Waals surface area (Å²) >= 11 is 0. The SMILES string of the molecule is CCn1cc(NC(=O)C2C3CCC(C3)C2C(=O)O)c(C(=O)NC2CCCC2)n1. The highest BCUT2D eigenvalue weighted by Crippen LogP contribution is 2.52. The molecule has 152 valence electrons. The number of nitrogens with zero attached hydrogens (tertiary/aromatic N) is 2. The van der Waals surface area contributed by atoms with E-state index in [1.807, 2.05) is 6.92 Å². The van der Waals surface area contributed by atoms with E-state index in [4.69, 9.17) is 0 Å². The van der Waals surface area contributed by atoms with Gasteiger partial charge in [-0.05, 0) is 50.9 Å². The highest BCUT2D eigenvalue weighted by molar-refractivity contribution is 6.03. The number of aryl methyl sites for hydroxylation is 1. The van der Waals surface area contributed by atoms with Crippen LogP contribution >= 0.6 is 0 Å². The number of carbonyl (C=O) groups is 3. The van der Waals surface area contributed by atoms with Crippen LogP contribution in [-0.4, -0.2) is 38.7 Å². The first-order valence-electron chi connectivity index (χ1n) is 10.4. The molecule has 4 unspecified atom stereocenters. The van der Waals surface area contributed by atoms with Gasteiger partial charge >= 0.3 is 5.97 Å². The van der Waals surface area contributed by atoms with Crippen molar-refractivity contribution in [3.63, 3.8) is 0 Å². The number of anilines is 1. The third kappa shape index (κ3) is 3.40. The van der Waals surface area contributed by atoms with E-state index in [9.17, 15) is 19.5 Å². The van der Waals surface area contributed by atoms with E-state index >= 15 is 0 Å². The third-order valence-electron chi connectivity index (χ3n) is 6.75. The molecule has 3 aliphatic rings. The Kier molecular flexibility index (Phi) is 5.12. The molecule has 0 spiro atoms. The van der Waals surface area contributed by atoms with Gasteiger partial charge in [0, 0.05) is 18.8 Å². The van der Waals surface area contributed by atoms with E-state index in [2.05, 4.69) is 15.7 Å². The highest BCUT2D eigenvalue weighted by Gasteiger charge is 2.54. The van der Waals surface area contributed by atoms with Gasteiger partial charge in [-0.1, -0.05) is 12.8 Å². The van der Waals surface area contributed by atoms with Crippen molar-refractivity contribution in [1.29, 1.82) is 0 Å². The van der Waals surface area contributed by atoms with E-state index in [1.165, 1.54) is 0 Å². The first-order chi connectivity index (χ1) is 13.5. The van der Waals surface area contributed by atoms with Gasteiger partial charge in [0.1, 0.15) is 0 Å². The van der Waals surface area contributed by atoms with Gasteiger partial charge in [0.05, 0.1) is 17.5 Å². The van der Waals surface area contributed by atoms with E-state index < -0.39 is 17.8 Å². The minimum absolute atomic E-state index is 0.0850. The normalized spacial score (nSPS) is 29.2. The Hall–Kier alpha value is -2.38. The molecule has 4 atom stereocenters. The Morgan fingerprint density at radius 2 is 1.82 bits per heavy atom. The smallest absolute Gasteiger partial charge is 0.307 e. The van der Waals surface area contributed by atoms with Gasteiger partial charge in [-0.15, -0.1) is 0 Å². The van der Waals surface area contributed by atoms with Crippen molar-refractivity contribution in [2.45, 2.75) is 64.5 Å². The number of aliphatic carboxylic acids is 1. The summed E-state index contributed by atoms with van der Waals surface area (Å²) in [5.74, 6) is -2.44. The van der Waals surface area contributed by atoms with Crippen LogP contribution in [0.3, 0.4) is 0 Å². The molecule has 0 aromatic carbocycles. The van der Waals surface area contributed by atoms with Crippen molar-refractivity contribution in [1.82, 2.24) is 15.1 Å². The van der Waals surface area contributed by atoms with Crippen LogP contribution in [0.4, 0.5) is 5.69 Å². The first kappa shape index (κ1) is 19.0. The summed E-state index contributed by atoms with van der Waals surface area (Å²) in [4.78, 5) is 37.4. The van der Waals surface area contributed by atoms with Gasteiger partial charge in [-0.25, -0.2) is 0 Å². The maximum absolute atomic E-state index is 13.0. The predicted molar refractivity (Wildman–Crippen MR) is 102 cm³/mol. The largest absolute Gasteiger partial charge is 0.481 e. The summed E-state index contributed by atoms with van der Waals surface area (Å²) in [5, 5.41) is 19.8. The molecule has 1 aromatic rings. The maximum Gasteiger partial charge on any atom is 0.307 e. The predicted octanol–water partition coefficient (Wildman–Crippen LogP) is 2.26. The molecule has 3 N–H and O–H groups in total.